The number of hydrogen-bond donors (Lipinski definition) is 2. The summed E-state index contributed by atoms with van der Waals surface area (Å²) >= 11 is 0. The van der Waals surface area contributed by atoms with E-state index in [1.807, 2.05) is 18.2 Å². The first-order valence-electron chi connectivity index (χ1n) is 7.19. The van der Waals surface area contributed by atoms with E-state index in [0.717, 1.165) is 30.2 Å². The van der Waals surface area contributed by atoms with Crippen LogP contribution in [0.2, 0.25) is 0 Å². The average Bonchev–Trinajstić information content (AvgIpc) is 2.99. The van der Waals surface area contributed by atoms with E-state index in [1.165, 1.54) is 18.4 Å². The molecule has 0 spiro atoms. The van der Waals surface area contributed by atoms with Crippen molar-refractivity contribution in [1.82, 2.24) is 15.5 Å². The zero-order valence-electron chi connectivity index (χ0n) is 11.8. The molecule has 1 atom stereocenters. The van der Waals surface area contributed by atoms with Gasteiger partial charge in [0.05, 0.1) is 5.69 Å². The summed E-state index contributed by atoms with van der Waals surface area (Å²) < 4.78 is 0. The molecule has 1 aromatic heterocycles. The van der Waals surface area contributed by atoms with Crippen molar-refractivity contribution in [2.45, 2.75) is 25.8 Å². The Morgan fingerprint density at radius 2 is 2.20 bits per heavy atom. The fraction of sp³-hybridized carbons (Fsp3) is 0.375. The van der Waals surface area contributed by atoms with Gasteiger partial charge in [-0.25, -0.2) is 0 Å². The smallest absolute Gasteiger partial charge is 0.148 e. The first-order chi connectivity index (χ1) is 9.81. The minimum atomic E-state index is 0.563. The SMILES string of the molecule is Cc1cccc(-c2ccc(NCC3CCCN3)nn2)c1. The summed E-state index contributed by atoms with van der Waals surface area (Å²) in [7, 11) is 0. The predicted octanol–water partition coefficient (Wildman–Crippen LogP) is 2.62. The highest BCUT2D eigenvalue weighted by Crippen LogP contribution is 2.18. The molecule has 1 saturated heterocycles. The maximum absolute atomic E-state index is 4.30. The lowest BCUT2D eigenvalue weighted by molar-refractivity contribution is 0.632. The molecule has 0 radical (unpaired) electrons. The van der Waals surface area contributed by atoms with Gasteiger partial charge in [-0.1, -0.05) is 23.8 Å². The van der Waals surface area contributed by atoms with E-state index in [1.54, 1.807) is 0 Å². The fourth-order valence-corrected chi connectivity index (χ4v) is 2.54. The first-order valence-corrected chi connectivity index (χ1v) is 7.19. The largest absolute Gasteiger partial charge is 0.367 e. The van der Waals surface area contributed by atoms with Crippen molar-refractivity contribution in [2.24, 2.45) is 0 Å². The van der Waals surface area contributed by atoms with Gasteiger partial charge in [0, 0.05) is 18.2 Å². The standard InChI is InChI=1S/C16H20N4/c1-12-4-2-5-13(10-12)15-7-8-16(20-19-15)18-11-14-6-3-9-17-14/h2,4-5,7-8,10,14,17H,3,6,9,11H2,1H3,(H,18,20). The van der Waals surface area contributed by atoms with Crippen LogP contribution < -0.4 is 10.6 Å². The molecule has 0 bridgehead atoms. The summed E-state index contributed by atoms with van der Waals surface area (Å²) in [6, 6.07) is 12.9. The Labute approximate surface area is 119 Å². The minimum Gasteiger partial charge on any atom is -0.367 e. The molecule has 2 heterocycles. The van der Waals surface area contributed by atoms with Crippen molar-refractivity contribution in [3.63, 3.8) is 0 Å². The van der Waals surface area contributed by atoms with Crippen LogP contribution in [0.25, 0.3) is 11.3 Å². The van der Waals surface area contributed by atoms with Crippen molar-refractivity contribution in [1.29, 1.82) is 0 Å². The Morgan fingerprint density at radius 1 is 1.25 bits per heavy atom. The Kier molecular flexibility index (Phi) is 3.92. The Hall–Kier alpha value is -1.94. The van der Waals surface area contributed by atoms with Crippen molar-refractivity contribution >= 4 is 5.82 Å². The molecule has 2 N–H and O–H groups in total. The molecular formula is C16H20N4. The molecule has 2 aromatic rings. The first kappa shape index (κ1) is 13.1. The summed E-state index contributed by atoms with van der Waals surface area (Å²) in [6.07, 6.45) is 2.51. The summed E-state index contributed by atoms with van der Waals surface area (Å²) in [5.74, 6) is 0.843. The van der Waals surface area contributed by atoms with Gasteiger partial charge in [-0.2, -0.15) is 0 Å². The molecule has 1 unspecified atom stereocenters. The zero-order valence-corrected chi connectivity index (χ0v) is 11.8. The second kappa shape index (κ2) is 6.01. The van der Waals surface area contributed by atoms with Gasteiger partial charge in [-0.3, -0.25) is 0 Å². The second-order valence-electron chi connectivity index (χ2n) is 5.35. The quantitative estimate of drug-likeness (QED) is 0.895. The van der Waals surface area contributed by atoms with Crippen LogP contribution in [0.15, 0.2) is 36.4 Å². The third kappa shape index (κ3) is 3.14. The molecular weight excluding hydrogens is 248 g/mol. The third-order valence-electron chi connectivity index (χ3n) is 3.67. The Morgan fingerprint density at radius 3 is 2.90 bits per heavy atom. The van der Waals surface area contributed by atoms with Gasteiger partial charge < -0.3 is 10.6 Å². The molecule has 1 aliphatic rings. The van der Waals surface area contributed by atoms with Gasteiger partial charge in [-0.15, -0.1) is 10.2 Å². The molecule has 1 fully saturated rings. The average molecular weight is 268 g/mol. The molecule has 4 heteroatoms. The molecule has 0 aliphatic carbocycles. The molecule has 1 aromatic carbocycles. The van der Waals surface area contributed by atoms with E-state index in [2.05, 4.69) is 46.0 Å². The van der Waals surface area contributed by atoms with E-state index in [9.17, 15) is 0 Å². The lowest BCUT2D eigenvalue weighted by Crippen LogP contribution is -2.29. The summed E-state index contributed by atoms with van der Waals surface area (Å²) in [6.45, 7) is 4.13. The van der Waals surface area contributed by atoms with Crippen LogP contribution in [0.4, 0.5) is 5.82 Å². The van der Waals surface area contributed by atoms with E-state index < -0.39 is 0 Å². The van der Waals surface area contributed by atoms with Crippen molar-refractivity contribution in [3.05, 3.63) is 42.0 Å². The second-order valence-corrected chi connectivity index (χ2v) is 5.35. The molecule has 1 aliphatic heterocycles. The van der Waals surface area contributed by atoms with E-state index in [-0.39, 0.29) is 0 Å². The Bertz CT molecular complexity index is 559. The number of aromatic nitrogens is 2. The highest BCUT2D eigenvalue weighted by atomic mass is 15.2. The van der Waals surface area contributed by atoms with Gasteiger partial charge in [-0.05, 0) is 44.5 Å². The third-order valence-corrected chi connectivity index (χ3v) is 3.67. The highest BCUT2D eigenvalue weighted by molar-refractivity contribution is 5.60. The number of rotatable bonds is 4. The number of anilines is 1. The van der Waals surface area contributed by atoms with Gasteiger partial charge in [0.25, 0.3) is 0 Å². The van der Waals surface area contributed by atoms with Crippen molar-refractivity contribution in [3.8, 4) is 11.3 Å². The number of hydrogen-bond acceptors (Lipinski definition) is 4. The number of aryl methyl sites for hydroxylation is 1. The fourth-order valence-electron chi connectivity index (χ4n) is 2.54. The van der Waals surface area contributed by atoms with Crippen LogP contribution in [0.1, 0.15) is 18.4 Å². The van der Waals surface area contributed by atoms with Crippen LogP contribution in [-0.2, 0) is 0 Å². The Balaban J connectivity index is 1.65. The van der Waals surface area contributed by atoms with Crippen LogP contribution in [0, 0.1) is 6.92 Å². The van der Waals surface area contributed by atoms with Crippen molar-refractivity contribution < 1.29 is 0 Å². The van der Waals surface area contributed by atoms with Crippen molar-refractivity contribution in [2.75, 3.05) is 18.4 Å². The van der Waals surface area contributed by atoms with Crippen LogP contribution in [-0.4, -0.2) is 29.3 Å². The van der Waals surface area contributed by atoms with E-state index in [0.29, 0.717) is 6.04 Å². The predicted molar refractivity (Wildman–Crippen MR) is 81.7 cm³/mol. The van der Waals surface area contributed by atoms with E-state index >= 15 is 0 Å². The van der Waals surface area contributed by atoms with Gasteiger partial charge >= 0.3 is 0 Å². The van der Waals surface area contributed by atoms with Gasteiger partial charge in [0.1, 0.15) is 5.82 Å². The van der Waals surface area contributed by atoms with Crippen LogP contribution in [0.5, 0.6) is 0 Å². The topological polar surface area (TPSA) is 49.8 Å². The van der Waals surface area contributed by atoms with Crippen LogP contribution in [0.3, 0.4) is 0 Å². The van der Waals surface area contributed by atoms with Crippen LogP contribution >= 0.6 is 0 Å². The summed E-state index contributed by atoms with van der Waals surface area (Å²) in [5.41, 5.74) is 3.26. The number of nitrogens with zero attached hydrogens (tertiary/aromatic N) is 2. The number of benzene rings is 1. The lowest BCUT2D eigenvalue weighted by Gasteiger charge is -2.11. The summed E-state index contributed by atoms with van der Waals surface area (Å²) in [5, 5.41) is 15.4. The molecule has 20 heavy (non-hydrogen) atoms. The number of nitrogens with one attached hydrogen (secondary N) is 2. The van der Waals surface area contributed by atoms with E-state index in [4.69, 9.17) is 0 Å². The molecule has 4 nitrogen and oxygen atoms in total. The lowest BCUT2D eigenvalue weighted by atomic mass is 10.1. The highest BCUT2D eigenvalue weighted by Gasteiger charge is 2.13. The van der Waals surface area contributed by atoms with Gasteiger partial charge in [0.15, 0.2) is 0 Å². The molecule has 0 amide bonds. The monoisotopic (exact) mass is 268 g/mol. The normalized spacial score (nSPS) is 18.1. The maximum Gasteiger partial charge on any atom is 0.148 e. The maximum atomic E-state index is 4.30. The minimum absolute atomic E-state index is 0.563. The zero-order chi connectivity index (χ0) is 13.8. The van der Waals surface area contributed by atoms with Gasteiger partial charge in [0.2, 0.25) is 0 Å². The molecule has 0 saturated carbocycles. The molecule has 104 valence electrons. The molecule has 3 rings (SSSR count). The summed E-state index contributed by atoms with van der Waals surface area (Å²) in [4.78, 5) is 0.